The zero-order chi connectivity index (χ0) is 25.1. The maximum Gasteiger partial charge on any atom is 0.319 e. The number of carbonyl (C=O) groups excluding carboxylic acids is 2. The number of aliphatic hydroxyl groups excluding tert-OH is 2. The molecule has 3 rings (SSSR count). The van der Waals surface area contributed by atoms with Crippen LogP contribution in [-0.4, -0.2) is 40.8 Å². The molecule has 0 heterocycles. The van der Waals surface area contributed by atoms with Gasteiger partial charge in [0.25, 0.3) is 0 Å². The summed E-state index contributed by atoms with van der Waals surface area (Å²) in [7, 11) is 0. The van der Waals surface area contributed by atoms with Gasteiger partial charge in [0.2, 0.25) is 0 Å². The average molecular weight is 471 g/mol. The summed E-state index contributed by atoms with van der Waals surface area (Å²) >= 11 is 0. The topological polar surface area (TPSA) is 83.8 Å². The van der Waals surface area contributed by atoms with Crippen LogP contribution >= 0.6 is 0 Å². The van der Waals surface area contributed by atoms with Gasteiger partial charge in [0.15, 0.2) is 5.78 Å². The SMILES string of the molecule is C=C(/C=C/C(=O)C(C)(C)C(=O)OCC)[C@H]1CC[C@H]2/C(=C/C=C3C[C@@H](O)C[C@H](O)C3)CCC[C@]12C. The second-order valence-corrected chi connectivity index (χ2v) is 11.2. The minimum absolute atomic E-state index is 0.0926. The van der Waals surface area contributed by atoms with Crippen molar-refractivity contribution in [2.75, 3.05) is 6.61 Å². The lowest BCUT2D eigenvalue weighted by atomic mass is 9.62. The van der Waals surface area contributed by atoms with Crippen LogP contribution in [0.15, 0.2) is 47.6 Å². The van der Waals surface area contributed by atoms with Crippen molar-refractivity contribution in [3.63, 3.8) is 0 Å². The molecular weight excluding hydrogens is 428 g/mol. The standard InChI is InChI=1S/C29H42O5/c1-6-34-27(33)28(3,4)26(32)14-9-19(2)24-12-13-25-21(8-7-15-29(24,25)5)11-10-20-16-22(30)18-23(31)17-20/h9-11,14,22-25,30-31H,2,6-8,12-13,15-18H2,1,3-5H3/b14-9+,21-11+/t22-,23-,24-,25+,29-/m1/s1. The second kappa shape index (κ2) is 10.7. The second-order valence-electron chi connectivity index (χ2n) is 11.2. The van der Waals surface area contributed by atoms with E-state index in [2.05, 4.69) is 25.7 Å². The summed E-state index contributed by atoms with van der Waals surface area (Å²) in [6.07, 6.45) is 14.0. The number of ether oxygens (including phenoxy) is 1. The van der Waals surface area contributed by atoms with E-state index in [-0.39, 0.29) is 17.8 Å². The lowest BCUT2D eigenvalue weighted by Crippen LogP contribution is -2.34. The van der Waals surface area contributed by atoms with E-state index in [0.717, 1.165) is 43.3 Å². The number of fused-ring (bicyclic) bond motifs is 1. The van der Waals surface area contributed by atoms with Gasteiger partial charge in [-0.25, -0.2) is 0 Å². The van der Waals surface area contributed by atoms with Gasteiger partial charge in [0.1, 0.15) is 5.41 Å². The Morgan fingerprint density at radius 1 is 1.15 bits per heavy atom. The molecule has 0 radical (unpaired) electrons. The highest BCUT2D eigenvalue weighted by Gasteiger charge is 2.49. The number of esters is 1. The van der Waals surface area contributed by atoms with Crippen LogP contribution in [0, 0.1) is 22.7 Å². The quantitative estimate of drug-likeness (QED) is 0.230. The van der Waals surface area contributed by atoms with E-state index in [0.29, 0.717) is 31.1 Å². The first-order valence-corrected chi connectivity index (χ1v) is 12.8. The molecule has 5 nitrogen and oxygen atoms in total. The fourth-order valence-corrected chi connectivity index (χ4v) is 6.30. The number of rotatable bonds is 7. The lowest BCUT2D eigenvalue weighted by Gasteiger charge is -2.42. The maximum atomic E-state index is 12.7. The first-order valence-electron chi connectivity index (χ1n) is 12.8. The largest absolute Gasteiger partial charge is 0.465 e. The maximum absolute atomic E-state index is 12.7. The number of carbonyl (C=O) groups is 2. The third kappa shape index (κ3) is 5.63. The summed E-state index contributed by atoms with van der Waals surface area (Å²) in [5.41, 5.74) is 2.42. The Bertz CT molecular complexity index is 880. The van der Waals surface area contributed by atoms with Gasteiger partial charge in [-0.2, -0.15) is 0 Å². The Morgan fingerprint density at radius 3 is 2.47 bits per heavy atom. The zero-order valence-corrected chi connectivity index (χ0v) is 21.3. The van der Waals surface area contributed by atoms with E-state index in [1.54, 1.807) is 20.8 Å². The van der Waals surface area contributed by atoms with Crippen molar-refractivity contribution in [3.05, 3.63) is 47.6 Å². The van der Waals surface area contributed by atoms with Crippen molar-refractivity contribution in [2.24, 2.45) is 22.7 Å². The smallest absolute Gasteiger partial charge is 0.319 e. The summed E-state index contributed by atoms with van der Waals surface area (Å²) in [4.78, 5) is 24.9. The zero-order valence-electron chi connectivity index (χ0n) is 21.3. The van der Waals surface area contributed by atoms with Crippen LogP contribution in [-0.2, 0) is 14.3 Å². The van der Waals surface area contributed by atoms with E-state index in [4.69, 9.17) is 4.74 Å². The molecule has 3 saturated carbocycles. The fraction of sp³-hybridized carbons (Fsp3) is 0.655. The number of aliphatic hydroxyl groups is 2. The van der Waals surface area contributed by atoms with Crippen molar-refractivity contribution in [1.29, 1.82) is 0 Å². The highest BCUT2D eigenvalue weighted by atomic mass is 16.5. The summed E-state index contributed by atoms with van der Waals surface area (Å²) < 4.78 is 5.06. The van der Waals surface area contributed by atoms with Crippen LogP contribution in [0.4, 0.5) is 0 Å². The average Bonchev–Trinajstić information content (AvgIpc) is 3.12. The molecule has 2 N–H and O–H groups in total. The van der Waals surface area contributed by atoms with Crippen LogP contribution in [0.25, 0.3) is 0 Å². The van der Waals surface area contributed by atoms with Gasteiger partial charge in [0.05, 0.1) is 18.8 Å². The van der Waals surface area contributed by atoms with Gasteiger partial charge in [-0.3, -0.25) is 9.59 Å². The van der Waals surface area contributed by atoms with Gasteiger partial charge in [-0.1, -0.05) is 48.5 Å². The van der Waals surface area contributed by atoms with Crippen LogP contribution in [0.2, 0.25) is 0 Å². The molecule has 0 unspecified atom stereocenters. The first-order chi connectivity index (χ1) is 16.0. The summed E-state index contributed by atoms with van der Waals surface area (Å²) in [6.45, 7) is 11.9. The minimum Gasteiger partial charge on any atom is -0.465 e. The molecule has 0 aliphatic heterocycles. The Hall–Kier alpha value is -1.98. The van der Waals surface area contributed by atoms with Gasteiger partial charge in [0, 0.05) is 0 Å². The highest BCUT2D eigenvalue weighted by molar-refractivity contribution is 6.08. The summed E-state index contributed by atoms with van der Waals surface area (Å²) in [5.74, 6) is -0.00264. The molecule has 3 aliphatic carbocycles. The molecule has 188 valence electrons. The van der Waals surface area contributed by atoms with Crippen LogP contribution in [0.5, 0.6) is 0 Å². The van der Waals surface area contributed by atoms with Crippen LogP contribution < -0.4 is 0 Å². The van der Waals surface area contributed by atoms with Crippen molar-refractivity contribution in [3.8, 4) is 0 Å². The molecule has 0 spiro atoms. The van der Waals surface area contributed by atoms with Gasteiger partial charge < -0.3 is 14.9 Å². The minimum atomic E-state index is -1.20. The number of hydrogen-bond donors (Lipinski definition) is 2. The Morgan fingerprint density at radius 2 is 1.82 bits per heavy atom. The third-order valence-electron chi connectivity index (χ3n) is 8.34. The van der Waals surface area contributed by atoms with E-state index in [1.165, 1.54) is 11.6 Å². The monoisotopic (exact) mass is 470 g/mol. The highest BCUT2D eigenvalue weighted by Crippen LogP contribution is 2.59. The number of ketones is 1. The molecule has 5 atom stereocenters. The van der Waals surface area contributed by atoms with Crippen molar-refractivity contribution in [1.82, 2.24) is 0 Å². The third-order valence-corrected chi connectivity index (χ3v) is 8.34. The van der Waals surface area contributed by atoms with Crippen molar-refractivity contribution >= 4 is 11.8 Å². The molecule has 0 saturated heterocycles. The fourth-order valence-electron chi connectivity index (χ4n) is 6.30. The Labute approximate surface area is 204 Å². The molecule has 0 aromatic heterocycles. The predicted molar refractivity (Wildman–Crippen MR) is 134 cm³/mol. The normalized spacial score (nSPS) is 33.1. The van der Waals surface area contributed by atoms with Crippen LogP contribution in [0.3, 0.4) is 0 Å². The lowest BCUT2D eigenvalue weighted by molar-refractivity contribution is -0.156. The van der Waals surface area contributed by atoms with Crippen molar-refractivity contribution < 1.29 is 24.5 Å². The number of hydrogen-bond acceptors (Lipinski definition) is 5. The predicted octanol–water partition coefficient (Wildman–Crippen LogP) is 5.23. The molecule has 0 aromatic carbocycles. The molecule has 5 heteroatoms. The van der Waals surface area contributed by atoms with Crippen molar-refractivity contribution in [2.45, 2.75) is 91.3 Å². The molecule has 0 bridgehead atoms. The van der Waals surface area contributed by atoms with Gasteiger partial charge >= 0.3 is 5.97 Å². The van der Waals surface area contributed by atoms with E-state index >= 15 is 0 Å². The van der Waals surface area contributed by atoms with Crippen LogP contribution in [0.1, 0.15) is 79.1 Å². The Kier molecular flexibility index (Phi) is 8.41. The number of allylic oxidation sites excluding steroid dienone is 6. The summed E-state index contributed by atoms with van der Waals surface area (Å²) in [6, 6.07) is 0. The summed E-state index contributed by atoms with van der Waals surface area (Å²) in [5, 5.41) is 20.0. The molecule has 3 fully saturated rings. The molecular formula is C29H42O5. The van der Waals surface area contributed by atoms with E-state index in [9.17, 15) is 19.8 Å². The molecule has 0 amide bonds. The molecule has 34 heavy (non-hydrogen) atoms. The van der Waals surface area contributed by atoms with Gasteiger partial charge in [-0.15, -0.1) is 0 Å². The van der Waals surface area contributed by atoms with E-state index in [1.807, 2.05) is 6.08 Å². The Balaban J connectivity index is 1.72. The molecule has 0 aromatic rings. The first kappa shape index (κ1) is 26.6. The van der Waals surface area contributed by atoms with Gasteiger partial charge in [-0.05, 0) is 95.5 Å². The van der Waals surface area contributed by atoms with E-state index < -0.39 is 23.6 Å². The molecule has 3 aliphatic rings.